The number of aliphatic hydroxyl groups excluding tert-OH is 1. The summed E-state index contributed by atoms with van der Waals surface area (Å²) in [6.45, 7) is 23.0. The average Bonchev–Trinajstić information content (AvgIpc) is 3.94. The topological polar surface area (TPSA) is 125 Å². The number of carbonyl (C=O) groups is 2. The van der Waals surface area contributed by atoms with Gasteiger partial charge in [-0.15, -0.1) is 0 Å². The van der Waals surface area contributed by atoms with E-state index in [0.717, 1.165) is 30.1 Å². The summed E-state index contributed by atoms with van der Waals surface area (Å²) in [4.78, 5) is 26.3. The molecular formula is C45H73NO9Si. The van der Waals surface area contributed by atoms with Gasteiger partial charge in [0.25, 0.3) is 0 Å². The van der Waals surface area contributed by atoms with E-state index >= 15 is 0 Å². The lowest BCUT2D eigenvalue weighted by Gasteiger charge is -2.39. The molecular weight excluding hydrogens is 727 g/mol. The van der Waals surface area contributed by atoms with Crippen molar-refractivity contribution in [2.75, 3.05) is 11.9 Å². The van der Waals surface area contributed by atoms with E-state index in [0.29, 0.717) is 31.6 Å². The third kappa shape index (κ3) is 14.5. The molecule has 56 heavy (non-hydrogen) atoms. The SMILES string of the molecule is CCOC(C)OC1(C)CCC(O[Si](CC)(CC)CC)CC(=O)OC(/C(C)=C/C=C/C(C)CC2OC2C(C)C(CC)OC(=O)Nc2ccccc2)C(C)/C=C\C1O. The van der Waals surface area contributed by atoms with E-state index in [9.17, 15) is 14.7 Å². The Bertz CT molecular complexity index is 1420. The Labute approximate surface area is 338 Å². The predicted molar refractivity (Wildman–Crippen MR) is 226 cm³/mol. The van der Waals surface area contributed by atoms with E-state index in [1.807, 2.05) is 90.1 Å². The molecule has 0 bridgehead atoms. The second kappa shape index (κ2) is 23.0. The fraction of sp³-hybridized carbons (Fsp3) is 0.689. The van der Waals surface area contributed by atoms with E-state index in [2.05, 4.69) is 46.0 Å². The molecule has 1 fully saturated rings. The van der Waals surface area contributed by atoms with Crippen molar-refractivity contribution in [2.45, 2.75) is 175 Å². The molecule has 1 amide bonds. The van der Waals surface area contributed by atoms with Crippen molar-refractivity contribution in [3.63, 3.8) is 0 Å². The summed E-state index contributed by atoms with van der Waals surface area (Å²) in [5.41, 5.74) is 0.646. The van der Waals surface area contributed by atoms with Crippen LogP contribution >= 0.6 is 0 Å². The Morgan fingerprint density at radius 1 is 1.07 bits per heavy atom. The van der Waals surface area contributed by atoms with Crippen LogP contribution in [0.1, 0.15) is 108 Å². The number of amides is 1. The average molecular weight is 800 g/mol. The first-order valence-electron chi connectivity index (χ1n) is 21.2. The number of hydrogen-bond acceptors (Lipinski definition) is 9. The lowest BCUT2D eigenvalue weighted by atomic mass is 9.88. The molecule has 2 aliphatic rings. The van der Waals surface area contributed by atoms with Gasteiger partial charge in [-0.3, -0.25) is 10.1 Å². The van der Waals surface area contributed by atoms with E-state index in [-0.39, 0.29) is 54.6 Å². The number of aliphatic hydroxyl groups is 1. The summed E-state index contributed by atoms with van der Waals surface area (Å²) in [6.07, 6.45) is 9.66. The zero-order valence-corrected chi connectivity index (χ0v) is 37.1. The van der Waals surface area contributed by atoms with Crippen molar-refractivity contribution in [1.29, 1.82) is 0 Å². The number of ether oxygens (including phenoxy) is 5. The fourth-order valence-corrected chi connectivity index (χ4v) is 10.7. The van der Waals surface area contributed by atoms with Crippen LogP contribution < -0.4 is 5.32 Å². The Morgan fingerprint density at radius 3 is 2.38 bits per heavy atom. The van der Waals surface area contributed by atoms with Crippen molar-refractivity contribution in [3.05, 3.63) is 66.3 Å². The monoisotopic (exact) mass is 800 g/mol. The number of rotatable bonds is 19. The number of benzene rings is 1. The van der Waals surface area contributed by atoms with E-state index in [1.54, 1.807) is 6.08 Å². The maximum atomic E-state index is 13.7. The standard InChI is InChI=1S/C45H73NO9Si/c1-12-38(52-44(49)46-36-23-18-17-19-24-36)34(9)43-39(51-43)29-31(6)21-20-22-32(7)42-33(8)25-26-40(47)45(11,54-35(10)50-13-2)28-27-37(30-41(48)53-42)55-56(14-3,15-4)16-5/h17-26,31,33-35,37-40,42-43,47H,12-16,27-30H2,1-11H3,(H,46,49)/b21-20+,26-25-,32-22+. The summed E-state index contributed by atoms with van der Waals surface area (Å²) >= 11 is 0. The molecule has 11 unspecified atom stereocenters. The Hall–Kier alpha value is -2.80. The van der Waals surface area contributed by atoms with Crippen LogP contribution in [-0.4, -0.2) is 80.6 Å². The second-order valence-corrected chi connectivity index (χ2v) is 20.9. The first kappa shape index (κ1) is 47.6. The van der Waals surface area contributed by atoms with Gasteiger partial charge >= 0.3 is 12.1 Å². The number of allylic oxidation sites excluding steroid dienone is 3. The van der Waals surface area contributed by atoms with Crippen LogP contribution in [0.2, 0.25) is 18.1 Å². The third-order valence-corrected chi connectivity index (χ3v) is 16.5. The molecule has 10 nitrogen and oxygen atoms in total. The van der Waals surface area contributed by atoms with Gasteiger partial charge in [-0.2, -0.15) is 0 Å². The molecule has 2 heterocycles. The van der Waals surface area contributed by atoms with Crippen LogP contribution in [0.25, 0.3) is 0 Å². The van der Waals surface area contributed by atoms with Crippen LogP contribution in [0.5, 0.6) is 0 Å². The van der Waals surface area contributed by atoms with Crippen LogP contribution in [0, 0.1) is 17.8 Å². The van der Waals surface area contributed by atoms with Gasteiger partial charge in [-0.05, 0) is 95.1 Å². The summed E-state index contributed by atoms with van der Waals surface area (Å²) in [6, 6.07) is 12.2. The predicted octanol–water partition coefficient (Wildman–Crippen LogP) is 10.1. The lowest BCUT2D eigenvalue weighted by Crippen LogP contribution is -2.46. The number of cyclic esters (lactones) is 1. The summed E-state index contributed by atoms with van der Waals surface area (Å²) in [7, 11) is -2.06. The zero-order valence-electron chi connectivity index (χ0n) is 36.1. The van der Waals surface area contributed by atoms with Gasteiger partial charge in [0.05, 0.1) is 30.3 Å². The van der Waals surface area contributed by atoms with Crippen molar-refractivity contribution in [1.82, 2.24) is 0 Å². The molecule has 0 saturated carbocycles. The zero-order chi connectivity index (χ0) is 41.5. The van der Waals surface area contributed by atoms with E-state index in [4.69, 9.17) is 28.1 Å². The second-order valence-electron chi connectivity index (χ2n) is 16.1. The molecule has 2 aliphatic heterocycles. The highest BCUT2D eigenvalue weighted by molar-refractivity contribution is 6.73. The summed E-state index contributed by atoms with van der Waals surface area (Å²) < 4.78 is 37.1. The molecule has 11 atom stereocenters. The number of carbonyl (C=O) groups excluding carboxylic acids is 2. The quantitative estimate of drug-likeness (QED) is 0.0351. The summed E-state index contributed by atoms with van der Waals surface area (Å²) in [5, 5.41) is 14.4. The Morgan fingerprint density at radius 2 is 1.75 bits per heavy atom. The number of esters is 1. The molecule has 0 spiro atoms. The highest BCUT2D eigenvalue weighted by Gasteiger charge is 2.46. The van der Waals surface area contributed by atoms with Gasteiger partial charge in [0.15, 0.2) is 14.6 Å². The number of para-hydroxylation sites is 1. The van der Waals surface area contributed by atoms with Crippen molar-refractivity contribution in [3.8, 4) is 0 Å². The minimum atomic E-state index is -2.06. The maximum absolute atomic E-state index is 13.7. The highest BCUT2D eigenvalue weighted by atomic mass is 28.4. The van der Waals surface area contributed by atoms with Gasteiger partial charge in [0.1, 0.15) is 18.3 Å². The molecule has 0 radical (unpaired) electrons. The molecule has 1 aromatic carbocycles. The first-order chi connectivity index (χ1) is 26.6. The number of epoxide rings is 1. The number of nitrogens with one attached hydrogen (secondary N) is 1. The number of anilines is 1. The Balaban J connectivity index is 1.71. The third-order valence-electron chi connectivity index (χ3n) is 11.8. The molecule has 316 valence electrons. The van der Waals surface area contributed by atoms with Crippen LogP contribution in [-0.2, 0) is 32.9 Å². The molecule has 0 aromatic heterocycles. The van der Waals surface area contributed by atoms with Crippen LogP contribution in [0.15, 0.2) is 66.3 Å². The fourth-order valence-electron chi connectivity index (χ4n) is 7.83. The van der Waals surface area contributed by atoms with Crippen LogP contribution in [0.3, 0.4) is 0 Å². The minimum Gasteiger partial charge on any atom is -0.457 e. The van der Waals surface area contributed by atoms with Gasteiger partial charge in [-0.1, -0.05) is 97.0 Å². The van der Waals surface area contributed by atoms with Gasteiger partial charge in [-0.25, -0.2) is 4.79 Å². The van der Waals surface area contributed by atoms with E-state index < -0.39 is 38.5 Å². The number of hydrogen-bond donors (Lipinski definition) is 2. The molecule has 1 saturated heterocycles. The molecule has 2 N–H and O–H groups in total. The summed E-state index contributed by atoms with van der Waals surface area (Å²) in [5.74, 6) is -0.226. The minimum absolute atomic E-state index is 0.0264. The van der Waals surface area contributed by atoms with Gasteiger partial charge in [0, 0.05) is 24.1 Å². The van der Waals surface area contributed by atoms with Gasteiger partial charge in [0.2, 0.25) is 0 Å². The van der Waals surface area contributed by atoms with Gasteiger partial charge < -0.3 is 33.2 Å². The van der Waals surface area contributed by atoms with Crippen molar-refractivity contribution >= 4 is 26.1 Å². The Kier molecular flexibility index (Phi) is 19.5. The molecule has 3 rings (SSSR count). The normalized spacial score (nSPS) is 29.3. The first-order valence-corrected chi connectivity index (χ1v) is 23.7. The van der Waals surface area contributed by atoms with Crippen molar-refractivity contribution < 1.29 is 42.8 Å². The smallest absolute Gasteiger partial charge is 0.411 e. The van der Waals surface area contributed by atoms with E-state index in [1.165, 1.54) is 0 Å². The largest absolute Gasteiger partial charge is 0.457 e. The highest BCUT2D eigenvalue weighted by Crippen LogP contribution is 2.38. The van der Waals surface area contributed by atoms with Crippen molar-refractivity contribution in [2.24, 2.45) is 17.8 Å². The molecule has 1 aromatic rings. The maximum Gasteiger partial charge on any atom is 0.411 e. The van der Waals surface area contributed by atoms with Crippen LogP contribution in [0.4, 0.5) is 10.5 Å². The molecule has 0 aliphatic carbocycles. The lowest BCUT2D eigenvalue weighted by molar-refractivity contribution is -0.221. The molecule has 11 heteroatoms.